The summed E-state index contributed by atoms with van der Waals surface area (Å²) in [6.45, 7) is 1.67. The third kappa shape index (κ3) is 4.72. The Labute approximate surface area is 157 Å². The summed E-state index contributed by atoms with van der Waals surface area (Å²) in [5, 5.41) is 4.13. The number of ether oxygens (including phenoxy) is 2. The number of hydrazone groups is 1. The van der Waals surface area contributed by atoms with Crippen LogP contribution >= 0.6 is 0 Å². The summed E-state index contributed by atoms with van der Waals surface area (Å²) in [4.78, 5) is 16.0. The van der Waals surface area contributed by atoms with E-state index in [1.807, 2.05) is 54.1 Å². The molecule has 1 aromatic heterocycles. The summed E-state index contributed by atoms with van der Waals surface area (Å²) in [5.74, 6) is 0.726. The fourth-order valence-corrected chi connectivity index (χ4v) is 2.41. The maximum absolute atomic E-state index is 12.0. The first-order valence-corrected chi connectivity index (χ1v) is 8.35. The van der Waals surface area contributed by atoms with Gasteiger partial charge in [-0.15, -0.1) is 0 Å². The highest BCUT2D eigenvalue weighted by Gasteiger charge is 2.07. The highest BCUT2D eigenvalue weighted by Crippen LogP contribution is 2.25. The molecule has 27 heavy (non-hydrogen) atoms. The van der Waals surface area contributed by atoms with E-state index < -0.39 is 0 Å². The van der Waals surface area contributed by atoms with E-state index in [0.717, 1.165) is 11.3 Å². The average molecular weight is 364 g/mol. The maximum Gasteiger partial charge on any atom is 0.277 e. The lowest BCUT2D eigenvalue weighted by Gasteiger charge is -2.09. The number of hydrogen-bond acceptors (Lipinski definition) is 5. The lowest BCUT2D eigenvalue weighted by molar-refractivity contribution is -0.123. The molecule has 0 unspecified atom stereocenters. The van der Waals surface area contributed by atoms with Crippen LogP contribution in [-0.4, -0.2) is 34.9 Å². The molecule has 0 bridgehead atoms. The SMILES string of the molecule is COc1ccccc1OCC(=O)NN=C(C)c1ccc(-n2ccnc2)cc1. The number of nitrogens with one attached hydrogen (secondary N) is 1. The van der Waals surface area contributed by atoms with E-state index in [-0.39, 0.29) is 12.5 Å². The molecule has 1 N–H and O–H groups in total. The van der Waals surface area contributed by atoms with E-state index in [2.05, 4.69) is 15.5 Å². The summed E-state index contributed by atoms with van der Waals surface area (Å²) in [7, 11) is 1.55. The molecular weight excluding hydrogens is 344 g/mol. The van der Waals surface area contributed by atoms with Gasteiger partial charge >= 0.3 is 0 Å². The Kier molecular flexibility index (Phi) is 5.84. The molecule has 0 atom stereocenters. The molecule has 0 aliphatic carbocycles. The van der Waals surface area contributed by atoms with E-state index in [1.165, 1.54) is 0 Å². The average Bonchev–Trinajstić information content (AvgIpc) is 3.25. The predicted molar refractivity (Wildman–Crippen MR) is 102 cm³/mol. The zero-order valence-electron chi connectivity index (χ0n) is 15.1. The Hall–Kier alpha value is -3.61. The molecule has 1 amide bonds. The van der Waals surface area contributed by atoms with Crippen molar-refractivity contribution in [1.29, 1.82) is 0 Å². The fraction of sp³-hybridized carbons (Fsp3) is 0.150. The van der Waals surface area contributed by atoms with Gasteiger partial charge in [0.2, 0.25) is 0 Å². The van der Waals surface area contributed by atoms with Gasteiger partial charge in [-0.3, -0.25) is 4.79 Å². The van der Waals surface area contributed by atoms with Crippen molar-refractivity contribution in [2.45, 2.75) is 6.92 Å². The third-order valence-corrected chi connectivity index (χ3v) is 3.86. The van der Waals surface area contributed by atoms with E-state index in [1.54, 1.807) is 31.8 Å². The van der Waals surface area contributed by atoms with Crippen LogP contribution in [0.25, 0.3) is 5.69 Å². The smallest absolute Gasteiger partial charge is 0.277 e. The Bertz CT molecular complexity index is 919. The van der Waals surface area contributed by atoms with E-state index >= 15 is 0 Å². The molecule has 0 saturated heterocycles. The van der Waals surface area contributed by atoms with Crippen LogP contribution in [0.1, 0.15) is 12.5 Å². The number of amides is 1. The monoisotopic (exact) mass is 364 g/mol. The zero-order valence-corrected chi connectivity index (χ0v) is 15.1. The van der Waals surface area contributed by atoms with Gasteiger partial charge in [0.25, 0.3) is 5.91 Å². The maximum atomic E-state index is 12.0. The topological polar surface area (TPSA) is 77.7 Å². The number of para-hydroxylation sites is 2. The minimum atomic E-state index is -0.352. The molecule has 0 spiro atoms. The second-order valence-corrected chi connectivity index (χ2v) is 5.69. The molecule has 0 radical (unpaired) electrons. The van der Waals surface area contributed by atoms with Gasteiger partial charge in [0, 0.05) is 18.1 Å². The first-order chi connectivity index (χ1) is 13.2. The van der Waals surface area contributed by atoms with Crippen LogP contribution < -0.4 is 14.9 Å². The minimum Gasteiger partial charge on any atom is -0.493 e. The quantitative estimate of drug-likeness (QED) is 0.517. The molecule has 7 heteroatoms. The number of benzene rings is 2. The van der Waals surface area contributed by atoms with Gasteiger partial charge in [0.1, 0.15) is 0 Å². The van der Waals surface area contributed by atoms with Gasteiger partial charge in [0.05, 0.1) is 19.1 Å². The number of imidazole rings is 1. The summed E-state index contributed by atoms with van der Waals surface area (Å²) in [5.41, 5.74) is 5.10. The Balaban J connectivity index is 1.56. The lowest BCUT2D eigenvalue weighted by atomic mass is 10.1. The van der Waals surface area contributed by atoms with Crippen molar-refractivity contribution < 1.29 is 14.3 Å². The number of methoxy groups -OCH3 is 1. The standard InChI is InChI=1S/C20H20N4O3/c1-15(16-7-9-17(10-8-16)24-12-11-21-14-24)22-23-20(25)13-27-19-6-4-3-5-18(19)26-2/h3-12,14H,13H2,1-2H3,(H,23,25). The van der Waals surface area contributed by atoms with Gasteiger partial charge < -0.3 is 14.0 Å². The highest BCUT2D eigenvalue weighted by molar-refractivity contribution is 5.99. The first kappa shape index (κ1) is 18.2. The Morgan fingerprint density at radius 1 is 1.15 bits per heavy atom. The van der Waals surface area contributed by atoms with Gasteiger partial charge in [-0.1, -0.05) is 24.3 Å². The minimum absolute atomic E-state index is 0.156. The molecular formula is C20H20N4O3. The largest absolute Gasteiger partial charge is 0.493 e. The number of carbonyl (C=O) groups excluding carboxylic acids is 1. The molecule has 2 aromatic carbocycles. The van der Waals surface area contributed by atoms with Crippen molar-refractivity contribution >= 4 is 11.6 Å². The van der Waals surface area contributed by atoms with E-state index in [0.29, 0.717) is 17.2 Å². The molecule has 138 valence electrons. The molecule has 1 heterocycles. The molecule has 0 aliphatic rings. The van der Waals surface area contributed by atoms with Crippen LogP contribution in [-0.2, 0) is 4.79 Å². The molecule has 0 aliphatic heterocycles. The van der Waals surface area contributed by atoms with Crippen molar-refractivity contribution in [3.63, 3.8) is 0 Å². The van der Waals surface area contributed by atoms with Crippen molar-refractivity contribution in [3.05, 3.63) is 72.8 Å². The molecule has 0 saturated carbocycles. The lowest BCUT2D eigenvalue weighted by Crippen LogP contribution is -2.25. The molecule has 3 rings (SSSR count). The van der Waals surface area contributed by atoms with Crippen molar-refractivity contribution in [1.82, 2.24) is 15.0 Å². The Morgan fingerprint density at radius 2 is 1.89 bits per heavy atom. The van der Waals surface area contributed by atoms with Crippen molar-refractivity contribution in [2.75, 3.05) is 13.7 Å². The summed E-state index contributed by atoms with van der Waals surface area (Å²) >= 11 is 0. The molecule has 0 fully saturated rings. The fourth-order valence-electron chi connectivity index (χ4n) is 2.41. The molecule has 7 nitrogen and oxygen atoms in total. The van der Waals surface area contributed by atoms with Crippen LogP contribution in [0, 0.1) is 0 Å². The first-order valence-electron chi connectivity index (χ1n) is 8.35. The molecule has 3 aromatic rings. The number of hydrogen-bond donors (Lipinski definition) is 1. The second-order valence-electron chi connectivity index (χ2n) is 5.69. The number of carbonyl (C=O) groups is 1. The highest BCUT2D eigenvalue weighted by atomic mass is 16.5. The van der Waals surface area contributed by atoms with Gasteiger partial charge in [-0.05, 0) is 36.8 Å². The van der Waals surface area contributed by atoms with Crippen LogP contribution in [0.5, 0.6) is 11.5 Å². The predicted octanol–water partition coefficient (Wildman–Crippen LogP) is 2.80. The Morgan fingerprint density at radius 3 is 2.56 bits per heavy atom. The van der Waals surface area contributed by atoms with Crippen molar-refractivity contribution in [2.24, 2.45) is 5.10 Å². The zero-order chi connectivity index (χ0) is 19.1. The number of nitrogens with zero attached hydrogens (tertiary/aromatic N) is 3. The van der Waals surface area contributed by atoms with Gasteiger partial charge in [0.15, 0.2) is 18.1 Å². The van der Waals surface area contributed by atoms with Crippen LogP contribution in [0.4, 0.5) is 0 Å². The van der Waals surface area contributed by atoms with Crippen molar-refractivity contribution in [3.8, 4) is 17.2 Å². The van der Waals surface area contributed by atoms with E-state index in [4.69, 9.17) is 9.47 Å². The number of aromatic nitrogens is 2. The summed E-state index contributed by atoms with van der Waals surface area (Å²) < 4.78 is 12.6. The van der Waals surface area contributed by atoms with Crippen LogP contribution in [0.3, 0.4) is 0 Å². The summed E-state index contributed by atoms with van der Waals surface area (Å²) in [6.07, 6.45) is 5.33. The van der Waals surface area contributed by atoms with Gasteiger partial charge in [-0.2, -0.15) is 5.10 Å². The second kappa shape index (κ2) is 8.66. The number of rotatable bonds is 7. The summed E-state index contributed by atoms with van der Waals surface area (Å²) in [6, 6.07) is 14.9. The van der Waals surface area contributed by atoms with Gasteiger partial charge in [-0.25, -0.2) is 10.4 Å². The van der Waals surface area contributed by atoms with E-state index in [9.17, 15) is 4.79 Å². The van der Waals surface area contributed by atoms with Crippen LogP contribution in [0.2, 0.25) is 0 Å². The third-order valence-electron chi connectivity index (χ3n) is 3.86. The van der Waals surface area contributed by atoms with Crippen LogP contribution in [0.15, 0.2) is 72.4 Å². The normalized spacial score (nSPS) is 11.1.